The molecule has 112 valence electrons. The maximum atomic E-state index is 10.7. The fourth-order valence-electron chi connectivity index (χ4n) is 3.19. The molecule has 0 saturated carbocycles. The topological polar surface area (TPSA) is 43.1 Å². The van der Waals surface area contributed by atoms with Crippen LogP contribution in [0.5, 0.6) is 0 Å². The molecule has 0 bridgehead atoms. The third kappa shape index (κ3) is 3.44. The SMILES string of the molecule is CC(C)[Si](Sc1ccc([N+](=O)[O-])cc1)(C(C)C)C(C)C. The standard InChI is InChI=1S/C15H25NO2SSi/c1-11(2)20(12(3)4,13(5)6)19-15-9-7-14(8-10-15)16(17)18/h7-13H,1-6H3. The van der Waals surface area contributed by atoms with Crippen LogP contribution in [0.3, 0.4) is 0 Å². The van der Waals surface area contributed by atoms with Crippen molar-refractivity contribution in [1.82, 2.24) is 0 Å². The van der Waals surface area contributed by atoms with Gasteiger partial charge in [-0.2, -0.15) is 11.2 Å². The highest BCUT2D eigenvalue weighted by Crippen LogP contribution is 2.51. The van der Waals surface area contributed by atoms with Crippen molar-refractivity contribution in [1.29, 1.82) is 0 Å². The van der Waals surface area contributed by atoms with Crippen molar-refractivity contribution in [2.75, 3.05) is 0 Å². The monoisotopic (exact) mass is 311 g/mol. The van der Waals surface area contributed by atoms with Gasteiger partial charge in [0, 0.05) is 17.0 Å². The molecule has 0 fully saturated rings. The van der Waals surface area contributed by atoms with Crippen LogP contribution in [0.25, 0.3) is 0 Å². The quantitative estimate of drug-likeness (QED) is 0.375. The molecule has 0 heterocycles. The van der Waals surface area contributed by atoms with E-state index in [0.717, 1.165) is 0 Å². The van der Waals surface area contributed by atoms with Gasteiger partial charge in [0.1, 0.15) is 7.22 Å². The van der Waals surface area contributed by atoms with Gasteiger partial charge in [0.15, 0.2) is 0 Å². The molecular formula is C15H25NO2SSi. The van der Waals surface area contributed by atoms with Crippen LogP contribution in [0.4, 0.5) is 5.69 Å². The van der Waals surface area contributed by atoms with Crippen molar-refractivity contribution in [3.05, 3.63) is 34.4 Å². The summed E-state index contributed by atoms with van der Waals surface area (Å²) in [5.41, 5.74) is 2.17. The Kier molecular flexibility index (Phi) is 5.83. The minimum absolute atomic E-state index is 0.167. The molecule has 0 spiro atoms. The van der Waals surface area contributed by atoms with Crippen LogP contribution in [0.1, 0.15) is 41.5 Å². The second-order valence-electron chi connectivity index (χ2n) is 6.17. The molecule has 1 aromatic carbocycles. The molecule has 0 unspecified atom stereocenters. The predicted octanol–water partition coefficient (Wildman–Crippen LogP) is 5.86. The van der Waals surface area contributed by atoms with E-state index in [9.17, 15) is 10.1 Å². The average Bonchev–Trinajstić information content (AvgIpc) is 2.35. The molecule has 0 aliphatic heterocycles. The van der Waals surface area contributed by atoms with Crippen LogP contribution in [-0.4, -0.2) is 12.1 Å². The predicted molar refractivity (Wildman–Crippen MR) is 90.0 cm³/mol. The Labute approximate surface area is 127 Å². The summed E-state index contributed by atoms with van der Waals surface area (Å²) in [4.78, 5) is 11.6. The molecule has 0 saturated heterocycles. The van der Waals surface area contributed by atoms with Crippen LogP contribution in [0.2, 0.25) is 16.6 Å². The zero-order valence-electron chi connectivity index (χ0n) is 13.2. The summed E-state index contributed by atoms with van der Waals surface area (Å²) in [6.45, 7) is 13.9. The Morgan fingerprint density at radius 2 is 1.35 bits per heavy atom. The maximum Gasteiger partial charge on any atom is 0.269 e. The first-order chi connectivity index (χ1) is 9.21. The zero-order chi connectivity index (χ0) is 15.5. The summed E-state index contributed by atoms with van der Waals surface area (Å²) in [7, 11) is -1.57. The first-order valence-electron chi connectivity index (χ1n) is 7.15. The second-order valence-corrected chi connectivity index (χ2v) is 14.8. The second kappa shape index (κ2) is 6.76. The van der Waals surface area contributed by atoms with Gasteiger partial charge >= 0.3 is 0 Å². The van der Waals surface area contributed by atoms with Gasteiger partial charge in [0.2, 0.25) is 0 Å². The molecular weight excluding hydrogens is 286 g/mol. The van der Waals surface area contributed by atoms with Crippen LogP contribution in [0.15, 0.2) is 29.2 Å². The van der Waals surface area contributed by atoms with Gasteiger partial charge in [-0.05, 0) is 28.8 Å². The lowest BCUT2D eigenvalue weighted by Crippen LogP contribution is -2.40. The molecule has 1 rings (SSSR count). The van der Waals surface area contributed by atoms with E-state index in [2.05, 4.69) is 41.5 Å². The van der Waals surface area contributed by atoms with Crippen LogP contribution < -0.4 is 0 Å². The van der Waals surface area contributed by atoms with Crippen LogP contribution >= 0.6 is 11.2 Å². The highest BCUT2D eigenvalue weighted by Gasteiger charge is 2.44. The minimum atomic E-state index is -1.57. The third-order valence-electron chi connectivity index (χ3n) is 4.05. The lowest BCUT2D eigenvalue weighted by atomic mass is 10.3. The molecule has 0 N–H and O–H groups in total. The summed E-state index contributed by atoms with van der Waals surface area (Å²) < 4.78 is 0. The van der Waals surface area contributed by atoms with Crippen molar-refractivity contribution in [2.24, 2.45) is 0 Å². The number of rotatable bonds is 6. The summed E-state index contributed by atoms with van der Waals surface area (Å²) in [5.74, 6) is 0. The third-order valence-corrected chi connectivity index (χ3v) is 16.3. The minimum Gasteiger partial charge on any atom is -0.258 e. The maximum absolute atomic E-state index is 10.7. The van der Waals surface area contributed by atoms with Gasteiger partial charge in [-0.25, -0.2) is 0 Å². The zero-order valence-corrected chi connectivity index (χ0v) is 15.0. The fourth-order valence-corrected chi connectivity index (χ4v) is 12.3. The number of hydrogen-bond acceptors (Lipinski definition) is 3. The van der Waals surface area contributed by atoms with Crippen molar-refractivity contribution >= 4 is 24.1 Å². The summed E-state index contributed by atoms with van der Waals surface area (Å²) in [6, 6.07) is 7.03. The van der Waals surface area contributed by atoms with Crippen LogP contribution in [-0.2, 0) is 0 Å². The molecule has 0 aliphatic rings. The van der Waals surface area contributed by atoms with Gasteiger partial charge < -0.3 is 0 Å². The van der Waals surface area contributed by atoms with E-state index in [0.29, 0.717) is 16.6 Å². The number of nitro benzene ring substituents is 1. The van der Waals surface area contributed by atoms with Crippen molar-refractivity contribution in [2.45, 2.75) is 63.1 Å². The van der Waals surface area contributed by atoms with Gasteiger partial charge in [-0.3, -0.25) is 10.1 Å². The van der Waals surface area contributed by atoms with Gasteiger partial charge in [0.25, 0.3) is 5.69 Å². The molecule has 0 atom stereocenters. The Morgan fingerprint density at radius 1 is 0.950 bits per heavy atom. The lowest BCUT2D eigenvalue weighted by molar-refractivity contribution is -0.384. The van der Waals surface area contributed by atoms with Gasteiger partial charge in [-0.15, -0.1) is 0 Å². The summed E-state index contributed by atoms with van der Waals surface area (Å²) in [5, 5.41) is 10.7. The highest BCUT2D eigenvalue weighted by molar-refractivity contribution is 8.29. The molecule has 0 radical (unpaired) electrons. The Bertz CT molecular complexity index is 436. The fraction of sp³-hybridized carbons (Fsp3) is 0.600. The van der Waals surface area contributed by atoms with E-state index in [1.807, 2.05) is 23.3 Å². The van der Waals surface area contributed by atoms with E-state index in [-0.39, 0.29) is 10.6 Å². The first-order valence-corrected chi connectivity index (χ1v) is 10.9. The molecule has 0 aliphatic carbocycles. The van der Waals surface area contributed by atoms with E-state index >= 15 is 0 Å². The normalized spacial score (nSPS) is 12.4. The van der Waals surface area contributed by atoms with Crippen LogP contribution in [0, 0.1) is 10.1 Å². The van der Waals surface area contributed by atoms with Gasteiger partial charge in [0.05, 0.1) is 4.92 Å². The number of non-ortho nitro benzene ring substituents is 1. The Balaban J connectivity index is 3.10. The van der Waals surface area contributed by atoms with E-state index in [4.69, 9.17) is 0 Å². The van der Waals surface area contributed by atoms with Crippen molar-refractivity contribution < 1.29 is 4.92 Å². The smallest absolute Gasteiger partial charge is 0.258 e. The number of benzene rings is 1. The Morgan fingerprint density at radius 3 is 1.65 bits per heavy atom. The summed E-state index contributed by atoms with van der Waals surface area (Å²) >= 11 is 2.00. The van der Waals surface area contributed by atoms with Crippen molar-refractivity contribution in [3.8, 4) is 0 Å². The van der Waals surface area contributed by atoms with E-state index < -0.39 is 7.22 Å². The lowest BCUT2D eigenvalue weighted by Gasteiger charge is -2.42. The number of nitrogens with zero attached hydrogens (tertiary/aromatic N) is 1. The molecule has 0 aromatic heterocycles. The first kappa shape index (κ1) is 17.2. The highest BCUT2D eigenvalue weighted by atomic mass is 32.4. The molecule has 20 heavy (non-hydrogen) atoms. The number of hydrogen-bond donors (Lipinski definition) is 0. The van der Waals surface area contributed by atoms with Gasteiger partial charge in [-0.1, -0.05) is 41.5 Å². The molecule has 1 aromatic rings. The number of nitro groups is 1. The largest absolute Gasteiger partial charge is 0.269 e. The molecule has 3 nitrogen and oxygen atoms in total. The summed E-state index contributed by atoms with van der Waals surface area (Å²) in [6.07, 6.45) is 0. The van der Waals surface area contributed by atoms with Crippen molar-refractivity contribution in [3.63, 3.8) is 0 Å². The van der Waals surface area contributed by atoms with E-state index in [1.165, 1.54) is 4.90 Å². The average molecular weight is 312 g/mol. The Hall–Kier alpha value is -0.813. The molecule has 5 heteroatoms. The van der Waals surface area contributed by atoms with E-state index in [1.54, 1.807) is 12.1 Å². The molecule has 0 amide bonds.